The van der Waals surface area contributed by atoms with Crippen molar-refractivity contribution in [3.63, 3.8) is 0 Å². The van der Waals surface area contributed by atoms with E-state index in [0.717, 1.165) is 36.8 Å². The zero-order chi connectivity index (χ0) is 17.8. The molecule has 2 amide bonds. The number of amides is 2. The minimum Gasteiger partial charge on any atom is -0.393 e. The zero-order valence-corrected chi connectivity index (χ0v) is 15.6. The number of aliphatic hydroxyl groups excluding tert-OH is 1. The van der Waals surface area contributed by atoms with Gasteiger partial charge < -0.3 is 10.8 Å². The summed E-state index contributed by atoms with van der Waals surface area (Å²) in [4.78, 5) is 11.1. The van der Waals surface area contributed by atoms with E-state index in [0.29, 0.717) is 17.3 Å². The number of fused-ring (bicyclic) bond motifs is 5. The number of carbonyl (C=O) groups is 1. The van der Waals surface area contributed by atoms with Gasteiger partial charge in [-0.2, -0.15) is 5.10 Å². The summed E-state index contributed by atoms with van der Waals surface area (Å²) < 4.78 is 0. The molecule has 0 aliphatic heterocycles. The first-order valence-corrected chi connectivity index (χ1v) is 10.1. The molecule has 0 aromatic heterocycles. The fourth-order valence-corrected chi connectivity index (χ4v) is 7.33. The Morgan fingerprint density at radius 3 is 2.72 bits per heavy atom. The van der Waals surface area contributed by atoms with Crippen molar-refractivity contribution in [2.75, 3.05) is 0 Å². The Morgan fingerprint density at radius 2 is 1.96 bits per heavy atom. The molecule has 0 aromatic rings. The summed E-state index contributed by atoms with van der Waals surface area (Å²) in [5, 5.41) is 14.5. The number of nitrogens with two attached hydrogens (primary N) is 1. The molecule has 4 unspecified atom stereocenters. The normalized spacial score (nSPS) is 50.7. The fourth-order valence-electron chi connectivity index (χ4n) is 7.33. The summed E-state index contributed by atoms with van der Waals surface area (Å²) in [6.45, 7) is 4.88. The zero-order valence-electron chi connectivity index (χ0n) is 15.6. The molecule has 7 atom stereocenters. The second-order valence-electron chi connectivity index (χ2n) is 9.61. The van der Waals surface area contributed by atoms with Crippen LogP contribution in [0.15, 0.2) is 5.10 Å². The van der Waals surface area contributed by atoms with Crippen molar-refractivity contribution in [3.8, 4) is 0 Å². The van der Waals surface area contributed by atoms with Gasteiger partial charge in [-0.1, -0.05) is 13.8 Å². The average Bonchev–Trinajstić information content (AvgIpc) is 2.90. The van der Waals surface area contributed by atoms with Crippen LogP contribution in [0.3, 0.4) is 0 Å². The van der Waals surface area contributed by atoms with Crippen LogP contribution < -0.4 is 11.2 Å². The number of rotatable bonds is 1. The molecule has 5 nitrogen and oxygen atoms in total. The van der Waals surface area contributed by atoms with Gasteiger partial charge in [-0.3, -0.25) is 0 Å². The Balaban J connectivity index is 1.58. The SMILES string of the molecule is C[C@]12CCC3C(CC[C@H]4CC(O)CC[C@]34C)C1CC/C2=N\NC(N)=O. The molecule has 0 bridgehead atoms. The number of primary amides is 1. The Morgan fingerprint density at radius 1 is 1.16 bits per heavy atom. The van der Waals surface area contributed by atoms with Crippen molar-refractivity contribution in [1.82, 2.24) is 5.43 Å². The van der Waals surface area contributed by atoms with E-state index in [-0.39, 0.29) is 11.5 Å². The van der Waals surface area contributed by atoms with Crippen LogP contribution in [0, 0.1) is 34.5 Å². The van der Waals surface area contributed by atoms with Crippen LogP contribution in [0.25, 0.3) is 0 Å². The van der Waals surface area contributed by atoms with Crippen LogP contribution in [-0.2, 0) is 0 Å². The third kappa shape index (κ3) is 2.61. The second-order valence-corrected chi connectivity index (χ2v) is 9.61. The molecular formula is C20H33N3O2. The van der Waals surface area contributed by atoms with Gasteiger partial charge in [0.15, 0.2) is 0 Å². The van der Waals surface area contributed by atoms with E-state index >= 15 is 0 Å². The Bertz CT molecular complexity index is 591. The number of aliphatic hydroxyl groups is 1. The van der Waals surface area contributed by atoms with Crippen LogP contribution in [0.4, 0.5) is 4.79 Å². The number of carbonyl (C=O) groups excluding carboxylic acids is 1. The largest absolute Gasteiger partial charge is 0.393 e. The van der Waals surface area contributed by atoms with E-state index in [1.54, 1.807) is 0 Å². The van der Waals surface area contributed by atoms with Crippen LogP contribution in [0.2, 0.25) is 0 Å². The highest BCUT2D eigenvalue weighted by Gasteiger charge is 2.59. The van der Waals surface area contributed by atoms with E-state index in [2.05, 4.69) is 24.4 Å². The van der Waals surface area contributed by atoms with Gasteiger partial charge in [-0.25, -0.2) is 10.2 Å². The molecule has 0 heterocycles. The molecule has 4 aliphatic rings. The maximum Gasteiger partial charge on any atom is 0.332 e. The van der Waals surface area contributed by atoms with Gasteiger partial charge >= 0.3 is 6.03 Å². The van der Waals surface area contributed by atoms with E-state index < -0.39 is 6.03 Å². The number of urea groups is 1. The highest BCUT2D eigenvalue weighted by atomic mass is 16.3. The van der Waals surface area contributed by atoms with Crippen LogP contribution in [-0.4, -0.2) is 23.0 Å². The lowest BCUT2D eigenvalue weighted by atomic mass is 9.45. The summed E-state index contributed by atoms with van der Waals surface area (Å²) in [5.41, 5.74) is 9.38. The minimum absolute atomic E-state index is 0.0754. The summed E-state index contributed by atoms with van der Waals surface area (Å²) in [7, 11) is 0. The van der Waals surface area contributed by atoms with Crippen molar-refractivity contribution in [2.45, 2.75) is 77.7 Å². The molecule has 4 rings (SSSR count). The molecule has 4 aliphatic carbocycles. The molecule has 0 radical (unpaired) electrons. The number of nitrogens with zero attached hydrogens (tertiary/aromatic N) is 1. The van der Waals surface area contributed by atoms with Crippen molar-refractivity contribution in [2.24, 2.45) is 45.3 Å². The molecule has 4 saturated carbocycles. The minimum atomic E-state index is -0.568. The lowest BCUT2D eigenvalue weighted by Crippen LogP contribution is -2.54. The third-order valence-corrected chi connectivity index (χ3v) is 8.68. The molecule has 25 heavy (non-hydrogen) atoms. The smallest absolute Gasteiger partial charge is 0.332 e. The average molecular weight is 348 g/mol. The number of nitrogens with one attached hydrogen (secondary N) is 1. The first kappa shape index (κ1) is 17.3. The lowest BCUT2D eigenvalue weighted by Gasteiger charge is -2.60. The van der Waals surface area contributed by atoms with Gasteiger partial charge in [-0.05, 0) is 86.9 Å². The summed E-state index contributed by atoms with van der Waals surface area (Å²) in [6, 6.07) is -0.568. The van der Waals surface area contributed by atoms with Crippen LogP contribution in [0.5, 0.6) is 0 Å². The number of hydrogen-bond acceptors (Lipinski definition) is 3. The first-order chi connectivity index (χ1) is 11.8. The fraction of sp³-hybridized carbons (Fsp3) is 0.900. The van der Waals surface area contributed by atoms with E-state index in [1.165, 1.54) is 38.5 Å². The monoisotopic (exact) mass is 347 g/mol. The standard InChI is InChI=1S/C20H33N3O2/c1-19-9-7-13(24)11-12(19)3-4-14-15-5-6-17(22-23-18(21)25)20(15,2)10-8-16(14)19/h12-16,24H,3-11H2,1-2H3,(H3,21,23,25)/b22-17+/t12-,13?,14?,15?,16?,19-,20-/m0/s1. The maximum atomic E-state index is 11.1. The molecule has 4 fully saturated rings. The van der Waals surface area contributed by atoms with Crippen LogP contribution >= 0.6 is 0 Å². The Kier molecular flexibility index (Phi) is 4.13. The summed E-state index contributed by atoms with van der Waals surface area (Å²) >= 11 is 0. The van der Waals surface area contributed by atoms with Crippen molar-refractivity contribution in [1.29, 1.82) is 0 Å². The Labute approximate surface area is 150 Å². The lowest BCUT2D eigenvalue weighted by molar-refractivity contribution is -0.113. The van der Waals surface area contributed by atoms with Gasteiger partial charge in [0.05, 0.1) is 6.10 Å². The van der Waals surface area contributed by atoms with Gasteiger partial charge in [0.2, 0.25) is 0 Å². The maximum absolute atomic E-state index is 11.1. The molecule has 0 spiro atoms. The number of hydrazone groups is 1. The summed E-state index contributed by atoms with van der Waals surface area (Å²) in [5.74, 6) is 2.95. The predicted molar refractivity (Wildman–Crippen MR) is 97.9 cm³/mol. The van der Waals surface area contributed by atoms with E-state index in [4.69, 9.17) is 5.73 Å². The van der Waals surface area contributed by atoms with Crippen molar-refractivity contribution < 1.29 is 9.90 Å². The van der Waals surface area contributed by atoms with Crippen molar-refractivity contribution in [3.05, 3.63) is 0 Å². The van der Waals surface area contributed by atoms with Gasteiger partial charge in [0.1, 0.15) is 0 Å². The second kappa shape index (κ2) is 5.97. The van der Waals surface area contributed by atoms with Gasteiger partial charge in [0, 0.05) is 11.1 Å². The third-order valence-electron chi connectivity index (χ3n) is 8.68. The highest BCUT2D eigenvalue weighted by molar-refractivity contribution is 5.93. The quantitative estimate of drug-likeness (QED) is 0.635. The first-order valence-electron chi connectivity index (χ1n) is 10.1. The molecule has 140 valence electrons. The van der Waals surface area contributed by atoms with Gasteiger partial charge in [0.25, 0.3) is 0 Å². The van der Waals surface area contributed by atoms with Crippen molar-refractivity contribution >= 4 is 11.7 Å². The van der Waals surface area contributed by atoms with E-state index in [9.17, 15) is 9.90 Å². The molecular weight excluding hydrogens is 314 g/mol. The van der Waals surface area contributed by atoms with Crippen LogP contribution in [0.1, 0.15) is 71.6 Å². The Hall–Kier alpha value is -1.10. The molecule has 5 heteroatoms. The van der Waals surface area contributed by atoms with Gasteiger partial charge in [-0.15, -0.1) is 0 Å². The topological polar surface area (TPSA) is 87.7 Å². The molecule has 4 N–H and O–H groups in total. The predicted octanol–water partition coefficient (Wildman–Crippen LogP) is 3.41. The highest BCUT2D eigenvalue weighted by Crippen LogP contribution is 2.65. The van der Waals surface area contributed by atoms with E-state index in [1.807, 2.05) is 0 Å². The molecule has 0 aromatic carbocycles. The number of hydrogen-bond donors (Lipinski definition) is 3. The molecule has 0 saturated heterocycles. The summed E-state index contributed by atoms with van der Waals surface area (Å²) in [6.07, 6.45) is 10.3.